The normalized spacial score (nSPS) is 18.5. The number of amidine groups is 1. The van der Waals surface area contributed by atoms with Gasteiger partial charge in [-0.15, -0.1) is 0 Å². The molecule has 0 bridgehead atoms. The van der Waals surface area contributed by atoms with E-state index in [1.165, 1.54) is 0 Å². The number of methoxy groups -OCH3 is 2. The summed E-state index contributed by atoms with van der Waals surface area (Å²) in [5.74, 6) is 1.45. The van der Waals surface area contributed by atoms with Gasteiger partial charge in [0.05, 0.1) is 14.2 Å². The minimum atomic E-state index is -0.456. The van der Waals surface area contributed by atoms with E-state index in [0.29, 0.717) is 18.0 Å². The number of hydrogen-bond donors (Lipinski definition) is 2. The van der Waals surface area contributed by atoms with Gasteiger partial charge in [-0.25, -0.2) is 4.79 Å². The summed E-state index contributed by atoms with van der Waals surface area (Å²) in [6, 6.07) is 4.64. The average molecular weight is 263 g/mol. The first kappa shape index (κ1) is 13.2. The summed E-state index contributed by atoms with van der Waals surface area (Å²) < 4.78 is 10.5. The smallest absolute Gasteiger partial charge is 0.323 e. The lowest BCUT2D eigenvalue weighted by Gasteiger charge is -2.23. The molecule has 19 heavy (non-hydrogen) atoms. The Balaban J connectivity index is 2.49. The average Bonchev–Trinajstić information content (AvgIpc) is 2.71. The molecule has 6 nitrogen and oxygen atoms in total. The summed E-state index contributed by atoms with van der Waals surface area (Å²) in [6.45, 7) is 2.39. The van der Waals surface area contributed by atoms with Crippen LogP contribution in [0.15, 0.2) is 18.2 Å². The molecule has 1 saturated heterocycles. The minimum absolute atomic E-state index is 0.151. The maximum absolute atomic E-state index is 11.8. The molecule has 1 aromatic rings. The Morgan fingerprint density at radius 1 is 1.37 bits per heavy atom. The van der Waals surface area contributed by atoms with E-state index in [1.54, 1.807) is 37.3 Å². The fraction of sp³-hybridized carbons (Fsp3) is 0.385. The van der Waals surface area contributed by atoms with Gasteiger partial charge in [0.25, 0.3) is 0 Å². The molecule has 1 atom stereocenters. The lowest BCUT2D eigenvalue weighted by atomic mass is 10.0. The van der Waals surface area contributed by atoms with Crippen LogP contribution in [0.4, 0.5) is 4.79 Å². The molecule has 102 valence electrons. The monoisotopic (exact) mass is 263 g/mol. The van der Waals surface area contributed by atoms with Gasteiger partial charge in [0.2, 0.25) is 0 Å². The lowest BCUT2D eigenvalue weighted by molar-refractivity contribution is 0.208. The zero-order valence-corrected chi connectivity index (χ0v) is 11.2. The second kappa shape index (κ2) is 5.17. The van der Waals surface area contributed by atoms with E-state index in [1.807, 2.05) is 6.92 Å². The third-order valence-corrected chi connectivity index (χ3v) is 3.16. The summed E-state index contributed by atoms with van der Waals surface area (Å²) >= 11 is 0. The third-order valence-electron chi connectivity index (χ3n) is 3.16. The highest BCUT2D eigenvalue weighted by molar-refractivity contribution is 6.06. The highest BCUT2D eigenvalue weighted by Gasteiger charge is 2.37. The Morgan fingerprint density at radius 2 is 2.11 bits per heavy atom. The van der Waals surface area contributed by atoms with Gasteiger partial charge >= 0.3 is 6.03 Å². The molecule has 6 heteroatoms. The zero-order chi connectivity index (χ0) is 14.0. The van der Waals surface area contributed by atoms with Crippen molar-refractivity contribution >= 4 is 11.9 Å². The summed E-state index contributed by atoms with van der Waals surface area (Å²) in [7, 11) is 3.14. The molecule has 1 fully saturated rings. The van der Waals surface area contributed by atoms with Crippen molar-refractivity contribution in [3.63, 3.8) is 0 Å². The summed E-state index contributed by atoms with van der Waals surface area (Å²) in [5, 5.41) is 10.5. The van der Waals surface area contributed by atoms with Crippen molar-refractivity contribution in [3.8, 4) is 11.5 Å². The van der Waals surface area contributed by atoms with E-state index in [-0.39, 0.29) is 11.9 Å². The zero-order valence-electron chi connectivity index (χ0n) is 11.2. The summed E-state index contributed by atoms with van der Waals surface area (Å²) in [6.07, 6.45) is 0. The van der Waals surface area contributed by atoms with Crippen LogP contribution in [0.3, 0.4) is 0 Å². The topological polar surface area (TPSA) is 74.7 Å². The fourth-order valence-corrected chi connectivity index (χ4v) is 2.23. The van der Waals surface area contributed by atoms with Crippen molar-refractivity contribution in [2.75, 3.05) is 20.8 Å². The van der Waals surface area contributed by atoms with Crippen LogP contribution in [0, 0.1) is 5.41 Å². The molecule has 2 amide bonds. The van der Waals surface area contributed by atoms with Gasteiger partial charge in [0, 0.05) is 12.1 Å². The van der Waals surface area contributed by atoms with Crippen LogP contribution in [0.1, 0.15) is 18.5 Å². The van der Waals surface area contributed by atoms with Gasteiger partial charge in [-0.3, -0.25) is 10.7 Å². The molecule has 2 rings (SSSR count). The van der Waals surface area contributed by atoms with E-state index in [4.69, 9.17) is 14.9 Å². The van der Waals surface area contributed by atoms with Crippen LogP contribution in [0.2, 0.25) is 0 Å². The SMILES string of the molecule is CCN1C(=O)NC(=N)C1c1cc(OC)ccc1OC. The summed E-state index contributed by atoms with van der Waals surface area (Å²) in [5.41, 5.74) is 0.743. The highest BCUT2D eigenvalue weighted by Crippen LogP contribution is 2.35. The molecule has 0 spiro atoms. The lowest BCUT2D eigenvalue weighted by Crippen LogP contribution is -2.29. The molecule has 0 radical (unpaired) electrons. The van der Waals surface area contributed by atoms with Crippen molar-refractivity contribution in [2.24, 2.45) is 0 Å². The molecule has 2 N–H and O–H groups in total. The van der Waals surface area contributed by atoms with Gasteiger partial charge < -0.3 is 14.4 Å². The van der Waals surface area contributed by atoms with Crippen LogP contribution in [-0.4, -0.2) is 37.5 Å². The standard InChI is InChI=1S/C13H17N3O3/c1-4-16-11(12(14)15-13(16)17)9-7-8(18-2)5-6-10(9)19-3/h5-7,11H,4H2,1-3H3,(H2,14,15,17). The van der Waals surface area contributed by atoms with E-state index >= 15 is 0 Å². The van der Waals surface area contributed by atoms with Crippen LogP contribution in [-0.2, 0) is 0 Å². The third kappa shape index (κ3) is 2.21. The number of urea groups is 1. The number of nitrogens with zero attached hydrogens (tertiary/aromatic N) is 1. The second-order valence-electron chi connectivity index (χ2n) is 4.14. The van der Waals surface area contributed by atoms with Gasteiger partial charge in [-0.05, 0) is 25.1 Å². The number of carbonyl (C=O) groups is 1. The predicted octanol–water partition coefficient (Wildman–Crippen LogP) is 1.77. The number of likely N-dealkylation sites (N-methyl/N-ethyl adjacent to an activating group) is 1. The van der Waals surface area contributed by atoms with Crippen molar-refractivity contribution in [3.05, 3.63) is 23.8 Å². The Bertz CT molecular complexity index is 516. The minimum Gasteiger partial charge on any atom is -0.497 e. The van der Waals surface area contributed by atoms with Crippen molar-refractivity contribution in [2.45, 2.75) is 13.0 Å². The molecule has 1 aliphatic heterocycles. The number of rotatable bonds is 4. The van der Waals surface area contributed by atoms with Crippen LogP contribution in [0.25, 0.3) is 0 Å². The Hall–Kier alpha value is -2.24. The fourth-order valence-electron chi connectivity index (χ4n) is 2.23. The van der Waals surface area contributed by atoms with E-state index in [9.17, 15) is 4.79 Å². The molecule has 1 unspecified atom stereocenters. The Kier molecular flexibility index (Phi) is 3.59. The van der Waals surface area contributed by atoms with Crippen LogP contribution >= 0.6 is 0 Å². The summed E-state index contributed by atoms with van der Waals surface area (Å²) in [4.78, 5) is 13.3. The Morgan fingerprint density at radius 3 is 2.68 bits per heavy atom. The second-order valence-corrected chi connectivity index (χ2v) is 4.14. The molecular weight excluding hydrogens is 246 g/mol. The van der Waals surface area contributed by atoms with Crippen molar-refractivity contribution in [1.82, 2.24) is 10.2 Å². The molecular formula is C13H17N3O3. The van der Waals surface area contributed by atoms with Crippen molar-refractivity contribution in [1.29, 1.82) is 5.41 Å². The van der Waals surface area contributed by atoms with Gasteiger partial charge in [-0.1, -0.05) is 0 Å². The molecule has 0 aromatic heterocycles. The highest BCUT2D eigenvalue weighted by atomic mass is 16.5. The first-order valence-corrected chi connectivity index (χ1v) is 6.00. The maximum Gasteiger partial charge on any atom is 0.323 e. The first-order valence-electron chi connectivity index (χ1n) is 6.00. The van der Waals surface area contributed by atoms with E-state index in [2.05, 4.69) is 5.32 Å². The molecule has 1 aromatic carbocycles. The number of hydrogen-bond acceptors (Lipinski definition) is 4. The first-order chi connectivity index (χ1) is 9.12. The number of carbonyl (C=O) groups excluding carboxylic acids is 1. The van der Waals surface area contributed by atoms with Crippen LogP contribution < -0.4 is 14.8 Å². The predicted molar refractivity (Wildman–Crippen MR) is 70.9 cm³/mol. The van der Waals surface area contributed by atoms with Crippen LogP contribution in [0.5, 0.6) is 11.5 Å². The number of ether oxygens (including phenoxy) is 2. The van der Waals surface area contributed by atoms with Crippen molar-refractivity contribution < 1.29 is 14.3 Å². The largest absolute Gasteiger partial charge is 0.497 e. The Labute approximate surface area is 111 Å². The quantitative estimate of drug-likeness (QED) is 0.869. The number of amides is 2. The molecule has 0 saturated carbocycles. The molecule has 1 aliphatic rings. The number of benzene rings is 1. The maximum atomic E-state index is 11.8. The van der Waals surface area contributed by atoms with E-state index < -0.39 is 6.04 Å². The van der Waals surface area contributed by atoms with Gasteiger partial charge in [0.15, 0.2) is 0 Å². The molecule has 1 heterocycles. The van der Waals surface area contributed by atoms with E-state index in [0.717, 1.165) is 5.56 Å². The number of nitrogens with one attached hydrogen (secondary N) is 2. The van der Waals surface area contributed by atoms with Gasteiger partial charge in [-0.2, -0.15) is 0 Å². The van der Waals surface area contributed by atoms with Gasteiger partial charge in [0.1, 0.15) is 23.4 Å². The molecule has 0 aliphatic carbocycles.